The molecule has 4 aromatic carbocycles. The lowest BCUT2D eigenvalue weighted by atomic mass is 9.84. The zero-order valence-electron chi connectivity index (χ0n) is 22.5. The number of hydrogen-bond donors (Lipinski definition) is 0. The van der Waals surface area contributed by atoms with Crippen molar-refractivity contribution in [3.05, 3.63) is 131 Å². The summed E-state index contributed by atoms with van der Waals surface area (Å²) in [7, 11) is 0. The van der Waals surface area contributed by atoms with E-state index in [0.29, 0.717) is 0 Å². The van der Waals surface area contributed by atoms with Crippen LogP contribution in [0, 0.1) is 13.8 Å². The first-order valence-electron chi connectivity index (χ1n) is 13.0. The molecule has 37 heavy (non-hydrogen) atoms. The van der Waals surface area contributed by atoms with E-state index in [1.54, 1.807) is 0 Å². The number of rotatable bonds is 5. The van der Waals surface area contributed by atoms with E-state index in [0.717, 1.165) is 17.5 Å². The SMILES string of the molecule is C=Cc1c(C=C)c(-c2ccc3ccccc3c2)c(=C/C)/c(=C\CC)c1-c1ccc(C)ccccc(C)c1. The minimum Gasteiger partial charge on any atom is -0.0984 e. The van der Waals surface area contributed by atoms with E-state index >= 15 is 0 Å². The van der Waals surface area contributed by atoms with E-state index < -0.39 is 0 Å². The third kappa shape index (κ3) is 5.34. The van der Waals surface area contributed by atoms with Crippen LogP contribution in [-0.4, -0.2) is 0 Å². The molecule has 0 N–H and O–H groups in total. The molecule has 0 aliphatic heterocycles. The Morgan fingerprint density at radius 2 is 1.19 bits per heavy atom. The highest BCUT2D eigenvalue weighted by molar-refractivity contribution is 5.93. The van der Waals surface area contributed by atoms with Crippen molar-refractivity contribution in [3.63, 3.8) is 0 Å². The van der Waals surface area contributed by atoms with Crippen molar-refractivity contribution < 1.29 is 0 Å². The fourth-order valence-corrected chi connectivity index (χ4v) is 5.12. The van der Waals surface area contributed by atoms with Crippen LogP contribution in [0.4, 0.5) is 0 Å². The first kappa shape index (κ1) is 25.9. The van der Waals surface area contributed by atoms with E-state index in [9.17, 15) is 0 Å². The maximum atomic E-state index is 4.29. The molecule has 0 fully saturated rings. The molecule has 0 saturated heterocycles. The fraction of sp³-hybridized carbons (Fsp3) is 0.135. The Labute approximate surface area is 222 Å². The van der Waals surface area contributed by atoms with Gasteiger partial charge in [-0.1, -0.05) is 134 Å². The van der Waals surface area contributed by atoms with Crippen molar-refractivity contribution in [1.29, 1.82) is 0 Å². The van der Waals surface area contributed by atoms with Gasteiger partial charge in [-0.25, -0.2) is 0 Å². The maximum Gasteiger partial charge on any atom is -0.00298 e. The van der Waals surface area contributed by atoms with Crippen LogP contribution in [-0.2, 0) is 0 Å². The number of benzene rings is 3. The lowest BCUT2D eigenvalue weighted by Gasteiger charge is -2.19. The third-order valence-electron chi connectivity index (χ3n) is 6.83. The monoisotopic (exact) mass is 480 g/mol. The van der Waals surface area contributed by atoms with Crippen LogP contribution in [0.2, 0.25) is 0 Å². The first-order valence-corrected chi connectivity index (χ1v) is 13.0. The van der Waals surface area contributed by atoms with Crippen LogP contribution in [0.15, 0.2) is 98.1 Å². The molecule has 0 amide bonds. The van der Waals surface area contributed by atoms with Gasteiger partial charge in [0.15, 0.2) is 0 Å². The van der Waals surface area contributed by atoms with Crippen molar-refractivity contribution in [2.24, 2.45) is 0 Å². The predicted octanol–water partition coefficient (Wildman–Crippen LogP) is 9.19. The molecule has 0 heterocycles. The van der Waals surface area contributed by atoms with E-state index in [2.05, 4.69) is 138 Å². The zero-order chi connectivity index (χ0) is 26.4. The molecule has 4 aromatic rings. The standard InChI is InChI=1S/C37H36/c1-7-15-35-34(10-4)36(31-23-22-28-18-13-14-19-29(28)25-31)32(8-2)33(9-3)37(35)30-21-20-26(5)16-11-12-17-27(6)24-30/h8-25H,2-3,7H2,1,4-6H3/b12-11?,16-11?,17-12?,21-20?,26-16?,26-20?,27-17?,27-24?,30-21?,30-24?,34-10+,35-15+. The molecule has 0 saturated carbocycles. The molecule has 0 heteroatoms. The van der Waals surface area contributed by atoms with Gasteiger partial charge in [-0.15, -0.1) is 0 Å². The molecule has 0 spiro atoms. The predicted molar refractivity (Wildman–Crippen MR) is 166 cm³/mol. The van der Waals surface area contributed by atoms with Crippen LogP contribution in [0.5, 0.6) is 0 Å². The van der Waals surface area contributed by atoms with Crippen molar-refractivity contribution >= 4 is 35.1 Å². The molecule has 0 unspecified atom stereocenters. The average Bonchev–Trinajstić information content (AvgIpc) is 2.92. The summed E-state index contributed by atoms with van der Waals surface area (Å²) in [6.45, 7) is 17.2. The summed E-state index contributed by atoms with van der Waals surface area (Å²) >= 11 is 0. The molecule has 4 rings (SSSR count). The molecule has 0 nitrogen and oxygen atoms in total. The van der Waals surface area contributed by atoms with E-state index in [4.69, 9.17) is 0 Å². The van der Waals surface area contributed by atoms with Crippen molar-refractivity contribution in [2.45, 2.75) is 34.1 Å². The number of aryl methyl sites for hydroxylation is 2. The van der Waals surface area contributed by atoms with Gasteiger partial charge in [0.1, 0.15) is 0 Å². The molecule has 0 atom stereocenters. The highest BCUT2D eigenvalue weighted by Crippen LogP contribution is 2.32. The summed E-state index contributed by atoms with van der Waals surface area (Å²) in [5.41, 5.74) is 9.39. The molecule has 0 aliphatic rings. The highest BCUT2D eigenvalue weighted by Gasteiger charge is 2.17. The van der Waals surface area contributed by atoms with Gasteiger partial charge in [0.2, 0.25) is 0 Å². The molecular formula is C37H36. The van der Waals surface area contributed by atoms with Crippen LogP contribution in [0.25, 0.3) is 57.3 Å². The van der Waals surface area contributed by atoms with Gasteiger partial charge in [0, 0.05) is 0 Å². The summed E-state index contributed by atoms with van der Waals surface area (Å²) < 4.78 is 0. The second-order valence-electron chi connectivity index (χ2n) is 9.42. The van der Waals surface area contributed by atoms with E-state index in [-0.39, 0.29) is 0 Å². The van der Waals surface area contributed by atoms with E-state index in [1.165, 1.54) is 54.6 Å². The van der Waals surface area contributed by atoms with Crippen molar-refractivity contribution in [3.8, 4) is 22.3 Å². The van der Waals surface area contributed by atoms with Gasteiger partial charge < -0.3 is 0 Å². The fourth-order valence-electron chi connectivity index (χ4n) is 5.12. The topological polar surface area (TPSA) is 0 Å². The molecular weight excluding hydrogens is 444 g/mol. The second-order valence-corrected chi connectivity index (χ2v) is 9.42. The Hall–Kier alpha value is -4.16. The van der Waals surface area contributed by atoms with Crippen molar-refractivity contribution in [2.75, 3.05) is 0 Å². The van der Waals surface area contributed by atoms with Gasteiger partial charge in [-0.3, -0.25) is 0 Å². The smallest absolute Gasteiger partial charge is 0.00298 e. The van der Waals surface area contributed by atoms with Crippen molar-refractivity contribution in [1.82, 2.24) is 0 Å². The van der Waals surface area contributed by atoms with Crippen LogP contribution in [0.1, 0.15) is 42.5 Å². The van der Waals surface area contributed by atoms with Gasteiger partial charge in [0.25, 0.3) is 0 Å². The quantitative estimate of drug-likeness (QED) is 0.267. The molecule has 0 bridgehead atoms. The summed E-state index contributed by atoms with van der Waals surface area (Å²) in [5.74, 6) is 0. The first-order chi connectivity index (χ1) is 18.0. The van der Waals surface area contributed by atoms with Crippen LogP contribution in [0.3, 0.4) is 0 Å². The van der Waals surface area contributed by atoms with Gasteiger partial charge in [-0.05, 0) is 87.8 Å². The molecule has 184 valence electrons. The summed E-state index contributed by atoms with van der Waals surface area (Å²) in [5, 5.41) is 4.95. The summed E-state index contributed by atoms with van der Waals surface area (Å²) in [6.07, 6.45) is 9.52. The Balaban J connectivity index is 2.23. The average molecular weight is 481 g/mol. The lowest BCUT2D eigenvalue weighted by molar-refractivity contribution is 1.28. The Morgan fingerprint density at radius 1 is 0.622 bits per heavy atom. The molecule has 0 radical (unpaired) electrons. The third-order valence-corrected chi connectivity index (χ3v) is 6.83. The number of fused-ring (bicyclic) bond motifs is 1. The van der Waals surface area contributed by atoms with Gasteiger partial charge in [-0.2, -0.15) is 0 Å². The van der Waals surface area contributed by atoms with Crippen LogP contribution >= 0.6 is 0 Å². The van der Waals surface area contributed by atoms with Gasteiger partial charge in [0.05, 0.1) is 0 Å². The normalized spacial score (nSPS) is 11.9. The Kier molecular flexibility index (Phi) is 8.21. The molecule has 0 aliphatic carbocycles. The minimum absolute atomic E-state index is 0.933. The van der Waals surface area contributed by atoms with Crippen LogP contribution < -0.4 is 10.4 Å². The zero-order valence-corrected chi connectivity index (χ0v) is 22.5. The Bertz CT molecular complexity index is 1660. The summed E-state index contributed by atoms with van der Waals surface area (Å²) in [6, 6.07) is 30.5. The minimum atomic E-state index is 0.933. The number of hydrogen-bond acceptors (Lipinski definition) is 0. The maximum absolute atomic E-state index is 4.29. The van der Waals surface area contributed by atoms with E-state index in [1.807, 2.05) is 12.2 Å². The largest absolute Gasteiger partial charge is 0.0984 e. The van der Waals surface area contributed by atoms with Gasteiger partial charge >= 0.3 is 0 Å². The summed E-state index contributed by atoms with van der Waals surface area (Å²) in [4.78, 5) is 0. The lowest BCUT2D eigenvalue weighted by Crippen LogP contribution is -2.31. The Morgan fingerprint density at radius 3 is 1.84 bits per heavy atom. The second kappa shape index (κ2) is 11.7. The highest BCUT2D eigenvalue weighted by atomic mass is 14.2. The molecule has 0 aromatic heterocycles.